The number of rotatable bonds is 6. The fourth-order valence-electron chi connectivity index (χ4n) is 1.45. The highest BCUT2D eigenvalue weighted by atomic mass is 32.1. The zero-order valence-electron chi connectivity index (χ0n) is 11.3. The summed E-state index contributed by atoms with van der Waals surface area (Å²) in [6, 6.07) is 0. The Morgan fingerprint density at radius 3 is 2.53 bits per heavy atom. The quantitative estimate of drug-likeness (QED) is 0.689. The predicted octanol–water partition coefficient (Wildman–Crippen LogP) is 1.67. The van der Waals surface area contributed by atoms with Crippen LogP contribution in [0.25, 0.3) is 0 Å². The number of primary amides is 1. The molecule has 0 fully saturated rings. The van der Waals surface area contributed by atoms with Gasteiger partial charge in [0, 0.05) is 6.54 Å². The van der Waals surface area contributed by atoms with E-state index in [0.717, 1.165) is 11.3 Å². The molecule has 0 unspecified atom stereocenters. The number of nitrogens with two attached hydrogens (primary N) is 2. The number of anilines is 2. The highest BCUT2D eigenvalue weighted by Gasteiger charge is 2.25. The Labute approximate surface area is 116 Å². The fraction of sp³-hybridized carbons (Fsp3) is 0.500. The van der Waals surface area contributed by atoms with Crippen molar-refractivity contribution in [3.05, 3.63) is 10.4 Å². The van der Waals surface area contributed by atoms with E-state index in [0.29, 0.717) is 17.5 Å². The molecule has 0 aliphatic heterocycles. The van der Waals surface area contributed by atoms with Crippen LogP contribution in [-0.2, 0) is 4.74 Å². The first-order chi connectivity index (χ1) is 8.88. The van der Waals surface area contributed by atoms with Crippen molar-refractivity contribution in [3.63, 3.8) is 0 Å². The first-order valence-electron chi connectivity index (χ1n) is 6.01. The van der Waals surface area contributed by atoms with Crippen LogP contribution in [-0.4, -0.2) is 25.0 Å². The smallest absolute Gasteiger partial charge is 0.343 e. The average molecular weight is 285 g/mol. The van der Waals surface area contributed by atoms with Crippen LogP contribution in [0.1, 0.15) is 40.8 Å². The predicted molar refractivity (Wildman–Crippen MR) is 76.5 cm³/mol. The molecule has 5 N–H and O–H groups in total. The molecule has 0 aliphatic rings. The van der Waals surface area contributed by atoms with E-state index in [2.05, 4.69) is 5.32 Å². The highest BCUT2D eigenvalue weighted by Crippen LogP contribution is 2.36. The summed E-state index contributed by atoms with van der Waals surface area (Å²) in [5.41, 5.74) is 11.3. The minimum absolute atomic E-state index is 0.0854. The third-order valence-corrected chi connectivity index (χ3v) is 3.50. The molecule has 0 saturated heterocycles. The fourth-order valence-corrected chi connectivity index (χ4v) is 2.42. The van der Waals surface area contributed by atoms with Gasteiger partial charge in [-0.1, -0.05) is 13.8 Å². The lowest BCUT2D eigenvalue weighted by molar-refractivity contribution is 0.0529. The average Bonchev–Trinajstić information content (AvgIpc) is 2.64. The summed E-state index contributed by atoms with van der Waals surface area (Å²) in [5.74, 6) is -0.809. The van der Waals surface area contributed by atoms with Crippen molar-refractivity contribution in [1.82, 2.24) is 0 Å². The first-order valence-corrected chi connectivity index (χ1v) is 6.83. The van der Waals surface area contributed by atoms with Crippen LogP contribution in [0.15, 0.2) is 0 Å². The monoisotopic (exact) mass is 285 g/mol. The lowest BCUT2D eigenvalue weighted by Gasteiger charge is -2.09. The second-order valence-electron chi connectivity index (χ2n) is 4.41. The SMILES string of the molecule is CCOC(=O)c1c(NCC(C)C)sc(C(N)=O)c1N. The molecule has 6 nitrogen and oxygen atoms in total. The van der Waals surface area contributed by atoms with Gasteiger partial charge in [0.1, 0.15) is 15.4 Å². The van der Waals surface area contributed by atoms with Crippen LogP contribution < -0.4 is 16.8 Å². The minimum atomic E-state index is -0.648. The van der Waals surface area contributed by atoms with Crippen LogP contribution in [0, 0.1) is 5.92 Å². The third kappa shape index (κ3) is 3.60. The van der Waals surface area contributed by atoms with Gasteiger partial charge in [0.05, 0.1) is 12.3 Å². The molecular formula is C12H19N3O3S. The molecular weight excluding hydrogens is 266 g/mol. The van der Waals surface area contributed by atoms with Crippen molar-refractivity contribution in [3.8, 4) is 0 Å². The van der Waals surface area contributed by atoms with Gasteiger partial charge in [-0.15, -0.1) is 11.3 Å². The number of carbonyl (C=O) groups excluding carboxylic acids is 2. The molecule has 1 rings (SSSR count). The number of thiophene rings is 1. The topological polar surface area (TPSA) is 107 Å². The molecule has 0 spiro atoms. The lowest BCUT2D eigenvalue weighted by atomic mass is 10.2. The van der Waals surface area contributed by atoms with E-state index < -0.39 is 11.9 Å². The molecule has 0 aliphatic carbocycles. The molecule has 0 aromatic carbocycles. The molecule has 0 saturated carbocycles. The van der Waals surface area contributed by atoms with Gasteiger partial charge in [-0.3, -0.25) is 4.79 Å². The molecule has 1 aromatic heterocycles. The number of nitrogen functional groups attached to an aromatic ring is 1. The van der Waals surface area contributed by atoms with Crippen LogP contribution in [0.3, 0.4) is 0 Å². The van der Waals surface area contributed by atoms with Gasteiger partial charge in [0.25, 0.3) is 5.91 Å². The maximum absolute atomic E-state index is 11.9. The van der Waals surface area contributed by atoms with Crippen molar-refractivity contribution >= 4 is 33.9 Å². The number of carbonyl (C=O) groups is 2. The normalized spacial score (nSPS) is 10.5. The van der Waals surface area contributed by atoms with Gasteiger partial charge in [0.2, 0.25) is 0 Å². The summed E-state index contributed by atoms with van der Waals surface area (Å²) in [5, 5.41) is 3.62. The van der Waals surface area contributed by atoms with Gasteiger partial charge in [-0.25, -0.2) is 4.79 Å². The van der Waals surface area contributed by atoms with Gasteiger partial charge in [-0.2, -0.15) is 0 Å². The Bertz CT molecular complexity index is 483. The van der Waals surface area contributed by atoms with E-state index in [4.69, 9.17) is 16.2 Å². The zero-order chi connectivity index (χ0) is 14.6. The Kier molecular flexibility index (Phi) is 5.17. The zero-order valence-corrected chi connectivity index (χ0v) is 12.1. The van der Waals surface area contributed by atoms with E-state index in [1.807, 2.05) is 13.8 Å². The second kappa shape index (κ2) is 6.42. The van der Waals surface area contributed by atoms with Crippen molar-refractivity contribution in [2.45, 2.75) is 20.8 Å². The molecule has 1 amide bonds. The van der Waals surface area contributed by atoms with Crippen molar-refractivity contribution in [1.29, 1.82) is 0 Å². The Hall–Kier alpha value is -1.76. The Morgan fingerprint density at radius 2 is 2.05 bits per heavy atom. The minimum Gasteiger partial charge on any atom is -0.462 e. The molecule has 1 aromatic rings. The van der Waals surface area contributed by atoms with Gasteiger partial charge in [0.15, 0.2) is 0 Å². The van der Waals surface area contributed by atoms with E-state index >= 15 is 0 Å². The summed E-state index contributed by atoms with van der Waals surface area (Å²) < 4.78 is 4.94. The number of hydrogen-bond donors (Lipinski definition) is 3. The Morgan fingerprint density at radius 1 is 1.42 bits per heavy atom. The van der Waals surface area contributed by atoms with Gasteiger partial charge >= 0.3 is 5.97 Å². The summed E-state index contributed by atoms with van der Waals surface area (Å²) in [6.45, 7) is 6.66. The standard InChI is InChI=1S/C12H19N3O3S/c1-4-18-12(17)7-8(13)9(10(14)16)19-11(7)15-5-6(2)3/h6,15H,4-5,13H2,1-3H3,(H2,14,16). The summed E-state index contributed by atoms with van der Waals surface area (Å²) in [6.07, 6.45) is 0. The second-order valence-corrected chi connectivity index (χ2v) is 5.43. The number of esters is 1. The Balaban J connectivity index is 3.15. The molecule has 0 atom stereocenters. The largest absolute Gasteiger partial charge is 0.462 e. The van der Waals surface area contributed by atoms with E-state index in [9.17, 15) is 9.59 Å². The summed E-state index contributed by atoms with van der Waals surface area (Å²) in [7, 11) is 0. The van der Waals surface area contributed by atoms with Crippen LogP contribution in [0.5, 0.6) is 0 Å². The molecule has 0 radical (unpaired) electrons. The first kappa shape index (κ1) is 15.3. The number of ether oxygens (including phenoxy) is 1. The van der Waals surface area contributed by atoms with E-state index in [1.54, 1.807) is 6.92 Å². The summed E-state index contributed by atoms with van der Waals surface area (Å²) in [4.78, 5) is 23.3. The number of hydrogen-bond acceptors (Lipinski definition) is 6. The molecule has 7 heteroatoms. The molecule has 1 heterocycles. The van der Waals surface area contributed by atoms with Crippen LogP contribution >= 0.6 is 11.3 Å². The van der Waals surface area contributed by atoms with Crippen molar-refractivity contribution in [2.75, 3.05) is 24.2 Å². The van der Waals surface area contributed by atoms with E-state index in [-0.39, 0.29) is 22.7 Å². The van der Waals surface area contributed by atoms with E-state index in [1.165, 1.54) is 0 Å². The number of nitrogens with one attached hydrogen (secondary N) is 1. The van der Waals surface area contributed by atoms with Crippen LogP contribution in [0.2, 0.25) is 0 Å². The van der Waals surface area contributed by atoms with Crippen LogP contribution in [0.4, 0.5) is 10.7 Å². The maximum Gasteiger partial charge on any atom is 0.343 e. The number of amides is 1. The van der Waals surface area contributed by atoms with Gasteiger partial charge < -0.3 is 21.5 Å². The summed E-state index contributed by atoms with van der Waals surface area (Å²) >= 11 is 1.08. The van der Waals surface area contributed by atoms with Crippen molar-refractivity contribution < 1.29 is 14.3 Å². The highest BCUT2D eigenvalue weighted by molar-refractivity contribution is 7.19. The molecule has 106 valence electrons. The lowest BCUT2D eigenvalue weighted by Crippen LogP contribution is -2.14. The third-order valence-electron chi connectivity index (χ3n) is 2.32. The molecule has 19 heavy (non-hydrogen) atoms. The molecule has 0 bridgehead atoms. The van der Waals surface area contributed by atoms with Crippen molar-refractivity contribution in [2.24, 2.45) is 11.7 Å². The van der Waals surface area contributed by atoms with Gasteiger partial charge in [-0.05, 0) is 12.8 Å². The maximum atomic E-state index is 11.9.